The zero-order valence-corrected chi connectivity index (χ0v) is 19.0. The fourth-order valence-corrected chi connectivity index (χ4v) is 4.95. The molecule has 1 unspecified atom stereocenters. The monoisotopic (exact) mass is 457 g/mol. The molecule has 2 aromatic carbocycles. The van der Waals surface area contributed by atoms with Crippen LogP contribution in [0.4, 0.5) is 0 Å². The molecule has 0 radical (unpaired) electrons. The zero-order chi connectivity index (χ0) is 22.6. The summed E-state index contributed by atoms with van der Waals surface area (Å²) in [5.74, 6) is 1.44. The van der Waals surface area contributed by atoms with Crippen LogP contribution in [0.5, 0.6) is 11.5 Å². The molecule has 2 heterocycles. The summed E-state index contributed by atoms with van der Waals surface area (Å²) >= 11 is 0. The largest absolute Gasteiger partial charge is 0.497 e. The second-order valence-corrected chi connectivity index (χ2v) is 9.51. The van der Waals surface area contributed by atoms with E-state index in [0.717, 1.165) is 29.0 Å². The minimum absolute atomic E-state index is 0.0337. The van der Waals surface area contributed by atoms with Crippen LogP contribution in [0.15, 0.2) is 65.8 Å². The Morgan fingerprint density at radius 1 is 0.969 bits per heavy atom. The average molecular weight is 458 g/mol. The molecule has 4 rings (SSSR count). The van der Waals surface area contributed by atoms with Crippen molar-refractivity contribution in [2.45, 2.75) is 30.6 Å². The van der Waals surface area contributed by atoms with E-state index in [0.29, 0.717) is 13.2 Å². The Balaban J connectivity index is 1.62. The maximum atomic E-state index is 13.6. The highest BCUT2D eigenvalue weighted by molar-refractivity contribution is 7.89. The van der Waals surface area contributed by atoms with E-state index in [2.05, 4.69) is 5.10 Å². The van der Waals surface area contributed by atoms with Crippen molar-refractivity contribution in [3.8, 4) is 11.5 Å². The summed E-state index contributed by atoms with van der Waals surface area (Å²) in [5, 5.41) is 4.42. The first-order valence-electron chi connectivity index (χ1n) is 10.4. The second-order valence-electron chi connectivity index (χ2n) is 7.62. The van der Waals surface area contributed by atoms with Gasteiger partial charge in [-0.25, -0.2) is 8.42 Å². The van der Waals surface area contributed by atoms with Crippen molar-refractivity contribution in [2.75, 3.05) is 27.4 Å². The van der Waals surface area contributed by atoms with Gasteiger partial charge in [0.15, 0.2) is 5.03 Å². The molecule has 170 valence electrons. The van der Waals surface area contributed by atoms with Crippen molar-refractivity contribution < 1.29 is 22.6 Å². The van der Waals surface area contributed by atoms with E-state index in [9.17, 15) is 8.42 Å². The molecule has 0 spiro atoms. The van der Waals surface area contributed by atoms with Gasteiger partial charge in [-0.3, -0.25) is 4.68 Å². The van der Waals surface area contributed by atoms with Crippen molar-refractivity contribution >= 4 is 10.0 Å². The topological polar surface area (TPSA) is 82.9 Å². The van der Waals surface area contributed by atoms with Gasteiger partial charge in [-0.15, -0.1) is 0 Å². The number of rotatable bonds is 9. The quantitative estimate of drug-likeness (QED) is 0.491. The highest BCUT2D eigenvalue weighted by Crippen LogP contribution is 2.24. The summed E-state index contributed by atoms with van der Waals surface area (Å²) in [4.78, 5) is 0. The molecule has 0 aliphatic carbocycles. The number of nitrogens with zero attached hydrogens (tertiary/aromatic N) is 3. The fourth-order valence-electron chi connectivity index (χ4n) is 3.62. The molecule has 1 aromatic heterocycles. The van der Waals surface area contributed by atoms with Crippen LogP contribution < -0.4 is 9.47 Å². The maximum Gasteiger partial charge on any atom is 0.262 e. The average Bonchev–Trinajstić information content (AvgIpc) is 3.52. The first kappa shape index (κ1) is 22.3. The number of hydrogen-bond acceptors (Lipinski definition) is 6. The van der Waals surface area contributed by atoms with Crippen LogP contribution in [-0.2, 0) is 27.8 Å². The van der Waals surface area contributed by atoms with E-state index in [1.54, 1.807) is 31.2 Å². The van der Waals surface area contributed by atoms with Gasteiger partial charge in [0.2, 0.25) is 0 Å². The molecule has 8 nitrogen and oxygen atoms in total. The predicted octanol–water partition coefficient (Wildman–Crippen LogP) is 3.25. The lowest BCUT2D eigenvalue weighted by atomic mass is 10.2. The standard InChI is InChI=1S/C23H27N3O5S/c1-29-21-7-3-18(4-8-21)15-25(16-19-5-9-22(30-2)10-6-19)32(27,28)23-11-13-26(24-23)20-12-14-31-17-20/h3-11,13,20H,12,14-17H2,1-2H3. The molecule has 3 aromatic rings. The van der Waals surface area contributed by atoms with Gasteiger partial charge in [0.1, 0.15) is 11.5 Å². The van der Waals surface area contributed by atoms with Crippen molar-refractivity contribution in [1.29, 1.82) is 0 Å². The third-order valence-electron chi connectivity index (χ3n) is 5.50. The molecule has 0 saturated carbocycles. The smallest absolute Gasteiger partial charge is 0.262 e. The Bertz CT molecular complexity index is 1070. The van der Waals surface area contributed by atoms with Gasteiger partial charge in [-0.05, 0) is 47.9 Å². The molecular weight excluding hydrogens is 430 g/mol. The minimum Gasteiger partial charge on any atom is -0.497 e. The highest BCUT2D eigenvalue weighted by Gasteiger charge is 2.29. The van der Waals surface area contributed by atoms with Crippen molar-refractivity contribution in [3.63, 3.8) is 0 Å². The summed E-state index contributed by atoms with van der Waals surface area (Å²) in [5.41, 5.74) is 1.71. The van der Waals surface area contributed by atoms with Gasteiger partial charge in [-0.1, -0.05) is 24.3 Å². The number of hydrogen-bond donors (Lipinski definition) is 0. The van der Waals surface area contributed by atoms with E-state index in [4.69, 9.17) is 14.2 Å². The van der Waals surface area contributed by atoms with E-state index in [-0.39, 0.29) is 24.2 Å². The third-order valence-corrected chi connectivity index (χ3v) is 7.19. The second kappa shape index (κ2) is 9.72. The zero-order valence-electron chi connectivity index (χ0n) is 18.2. The van der Waals surface area contributed by atoms with Crippen LogP contribution >= 0.6 is 0 Å². The van der Waals surface area contributed by atoms with Gasteiger partial charge < -0.3 is 14.2 Å². The molecule has 32 heavy (non-hydrogen) atoms. The Hall–Kier alpha value is -2.88. The van der Waals surface area contributed by atoms with Crippen LogP contribution in [0.25, 0.3) is 0 Å². The number of benzene rings is 2. The van der Waals surface area contributed by atoms with Crippen LogP contribution in [0.3, 0.4) is 0 Å². The molecule has 1 atom stereocenters. The van der Waals surface area contributed by atoms with Gasteiger partial charge in [0, 0.05) is 25.9 Å². The Labute approximate surface area is 188 Å². The molecule has 9 heteroatoms. The molecule has 1 saturated heterocycles. The first-order chi connectivity index (χ1) is 15.5. The lowest BCUT2D eigenvalue weighted by Gasteiger charge is -2.22. The number of aromatic nitrogens is 2. The Kier molecular flexibility index (Phi) is 6.78. The minimum atomic E-state index is -3.84. The molecule has 1 aliphatic rings. The van der Waals surface area contributed by atoms with E-state index in [1.165, 1.54) is 4.31 Å². The molecule has 1 fully saturated rings. The van der Waals surface area contributed by atoms with Crippen molar-refractivity contribution in [2.24, 2.45) is 0 Å². The molecule has 0 bridgehead atoms. The SMILES string of the molecule is COc1ccc(CN(Cc2ccc(OC)cc2)S(=O)(=O)c2ccn(C3CCOC3)n2)cc1. The predicted molar refractivity (Wildman–Crippen MR) is 119 cm³/mol. The van der Waals surface area contributed by atoms with Crippen molar-refractivity contribution in [1.82, 2.24) is 14.1 Å². The van der Waals surface area contributed by atoms with Crippen molar-refractivity contribution in [3.05, 3.63) is 71.9 Å². The summed E-state index contributed by atoms with van der Waals surface area (Å²) in [6.07, 6.45) is 2.54. The summed E-state index contributed by atoms with van der Waals surface area (Å²) in [6.45, 7) is 1.62. The van der Waals surface area contributed by atoms with E-state index in [1.807, 2.05) is 48.5 Å². The molecule has 0 amide bonds. The van der Waals surface area contributed by atoms with Gasteiger partial charge in [0.05, 0.1) is 26.9 Å². The number of sulfonamides is 1. The van der Waals surface area contributed by atoms with Crippen LogP contribution in [0, 0.1) is 0 Å². The van der Waals surface area contributed by atoms with Gasteiger partial charge in [-0.2, -0.15) is 9.40 Å². The van der Waals surface area contributed by atoms with E-state index >= 15 is 0 Å². The highest BCUT2D eigenvalue weighted by atomic mass is 32.2. The van der Waals surface area contributed by atoms with E-state index < -0.39 is 10.0 Å². The summed E-state index contributed by atoms with van der Waals surface area (Å²) in [6, 6.07) is 16.4. The van der Waals surface area contributed by atoms with Crippen LogP contribution in [-0.4, -0.2) is 49.9 Å². The number of methoxy groups -OCH3 is 2. The van der Waals surface area contributed by atoms with Gasteiger partial charge in [0.25, 0.3) is 10.0 Å². The Morgan fingerprint density at radius 2 is 1.53 bits per heavy atom. The fraction of sp³-hybridized carbons (Fsp3) is 0.348. The molecular formula is C23H27N3O5S. The summed E-state index contributed by atoms with van der Waals surface area (Å²) in [7, 11) is -0.643. The lowest BCUT2D eigenvalue weighted by molar-refractivity contribution is 0.184. The Morgan fingerprint density at radius 3 is 2.00 bits per heavy atom. The van der Waals surface area contributed by atoms with Crippen LogP contribution in [0.2, 0.25) is 0 Å². The number of ether oxygens (including phenoxy) is 3. The normalized spacial score (nSPS) is 16.4. The summed E-state index contributed by atoms with van der Waals surface area (Å²) < 4.78 is 46.1. The van der Waals surface area contributed by atoms with Crippen LogP contribution in [0.1, 0.15) is 23.6 Å². The first-order valence-corrected chi connectivity index (χ1v) is 11.8. The molecule has 0 N–H and O–H groups in total. The van der Waals surface area contributed by atoms with Gasteiger partial charge >= 0.3 is 0 Å². The lowest BCUT2D eigenvalue weighted by Crippen LogP contribution is -2.31. The third kappa shape index (κ3) is 4.95. The molecule has 1 aliphatic heterocycles. The maximum absolute atomic E-state index is 13.6.